The Kier molecular flexibility index (Phi) is 5.67. The van der Waals surface area contributed by atoms with Gasteiger partial charge in [0.05, 0.1) is 12.0 Å². The van der Waals surface area contributed by atoms with Crippen molar-refractivity contribution in [2.75, 3.05) is 12.4 Å². The fraction of sp³-hybridized carbons (Fsp3) is 0.176. The molecule has 2 aromatic carbocycles. The van der Waals surface area contributed by atoms with E-state index in [1.54, 1.807) is 24.3 Å². The topological polar surface area (TPSA) is 108 Å². The Morgan fingerprint density at radius 2 is 1.76 bits per heavy atom. The summed E-state index contributed by atoms with van der Waals surface area (Å²) in [6.07, 6.45) is -1.13. The quantitative estimate of drug-likeness (QED) is 0.490. The van der Waals surface area contributed by atoms with Gasteiger partial charge in [-0.15, -0.1) is 0 Å². The zero-order valence-corrected chi connectivity index (χ0v) is 13.6. The van der Waals surface area contributed by atoms with Gasteiger partial charge in [-0.05, 0) is 37.3 Å². The summed E-state index contributed by atoms with van der Waals surface area (Å²) in [6, 6.07) is 12.0. The molecule has 2 aromatic rings. The molecule has 0 heterocycles. The van der Waals surface area contributed by atoms with Crippen LogP contribution < -0.4 is 10.1 Å². The van der Waals surface area contributed by atoms with E-state index in [-0.39, 0.29) is 11.3 Å². The van der Waals surface area contributed by atoms with Gasteiger partial charge >= 0.3 is 5.97 Å². The Morgan fingerprint density at radius 3 is 2.36 bits per heavy atom. The number of carbonyl (C=O) groups excluding carboxylic acids is 2. The van der Waals surface area contributed by atoms with Gasteiger partial charge in [-0.3, -0.25) is 14.9 Å². The average molecular weight is 344 g/mol. The first-order valence-corrected chi connectivity index (χ1v) is 7.31. The lowest BCUT2D eigenvalue weighted by Crippen LogP contribution is -2.30. The number of para-hydroxylation sites is 1. The minimum Gasteiger partial charge on any atom is -0.497 e. The number of nitro groups is 1. The van der Waals surface area contributed by atoms with Crippen molar-refractivity contribution >= 4 is 23.3 Å². The first-order valence-electron chi connectivity index (χ1n) is 7.31. The number of methoxy groups -OCH3 is 1. The fourth-order valence-corrected chi connectivity index (χ4v) is 2.00. The largest absolute Gasteiger partial charge is 0.497 e. The van der Waals surface area contributed by atoms with E-state index in [0.29, 0.717) is 11.4 Å². The van der Waals surface area contributed by atoms with Gasteiger partial charge in [0, 0.05) is 11.8 Å². The summed E-state index contributed by atoms with van der Waals surface area (Å²) in [4.78, 5) is 34.5. The molecule has 130 valence electrons. The van der Waals surface area contributed by atoms with E-state index < -0.39 is 22.9 Å². The van der Waals surface area contributed by atoms with Gasteiger partial charge in [0.25, 0.3) is 11.6 Å². The number of anilines is 1. The van der Waals surface area contributed by atoms with Crippen molar-refractivity contribution in [2.24, 2.45) is 0 Å². The number of benzene rings is 2. The molecule has 0 aliphatic rings. The smallest absolute Gasteiger partial charge is 0.345 e. The maximum Gasteiger partial charge on any atom is 0.345 e. The van der Waals surface area contributed by atoms with E-state index in [0.717, 1.165) is 0 Å². The molecule has 1 unspecified atom stereocenters. The van der Waals surface area contributed by atoms with Crippen molar-refractivity contribution in [3.05, 3.63) is 64.2 Å². The number of ether oxygens (including phenoxy) is 2. The first-order chi connectivity index (χ1) is 11.9. The molecule has 0 saturated carbocycles. The number of esters is 1. The first kappa shape index (κ1) is 17.9. The zero-order chi connectivity index (χ0) is 18.4. The van der Waals surface area contributed by atoms with Crippen LogP contribution in [0.4, 0.5) is 11.4 Å². The normalized spacial score (nSPS) is 11.3. The molecule has 0 fully saturated rings. The highest BCUT2D eigenvalue weighted by molar-refractivity contribution is 5.98. The van der Waals surface area contributed by atoms with Crippen molar-refractivity contribution in [2.45, 2.75) is 13.0 Å². The molecule has 0 aliphatic heterocycles. The van der Waals surface area contributed by atoms with Crippen molar-refractivity contribution in [3.63, 3.8) is 0 Å². The molecule has 0 spiro atoms. The van der Waals surface area contributed by atoms with E-state index in [9.17, 15) is 19.7 Å². The molecule has 0 bridgehead atoms. The van der Waals surface area contributed by atoms with Crippen LogP contribution in [0.15, 0.2) is 48.5 Å². The van der Waals surface area contributed by atoms with Gasteiger partial charge in [0.1, 0.15) is 11.3 Å². The summed E-state index contributed by atoms with van der Waals surface area (Å²) < 4.78 is 10.0. The SMILES string of the molecule is COc1ccc(NC(=O)C(C)OC(=O)c2ccccc2[N+](=O)[O-])cc1. The molecular formula is C17H16N2O6. The third kappa shape index (κ3) is 4.54. The van der Waals surface area contributed by atoms with Gasteiger partial charge in [-0.2, -0.15) is 0 Å². The maximum atomic E-state index is 12.1. The molecular weight excluding hydrogens is 328 g/mol. The average Bonchev–Trinajstić information content (AvgIpc) is 2.62. The predicted octanol–water partition coefficient (Wildman–Crippen LogP) is 2.79. The standard InChI is InChI=1S/C17H16N2O6/c1-11(16(20)18-12-7-9-13(24-2)10-8-12)25-17(21)14-5-3-4-6-15(14)19(22)23/h3-11H,1-2H3,(H,18,20). The van der Waals surface area contributed by atoms with Crippen LogP contribution in [0.1, 0.15) is 17.3 Å². The van der Waals surface area contributed by atoms with Crippen molar-refractivity contribution in [3.8, 4) is 5.75 Å². The molecule has 1 N–H and O–H groups in total. The lowest BCUT2D eigenvalue weighted by molar-refractivity contribution is -0.385. The number of hydrogen-bond acceptors (Lipinski definition) is 6. The monoisotopic (exact) mass is 344 g/mol. The number of rotatable bonds is 6. The van der Waals surface area contributed by atoms with Gasteiger partial charge in [-0.1, -0.05) is 12.1 Å². The summed E-state index contributed by atoms with van der Waals surface area (Å²) in [7, 11) is 1.53. The van der Waals surface area contributed by atoms with E-state index in [2.05, 4.69) is 5.32 Å². The summed E-state index contributed by atoms with van der Waals surface area (Å²) in [5, 5.41) is 13.5. The summed E-state index contributed by atoms with van der Waals surface area (Å²) in [5.41, 5.74) is -0.0914. The zero-order valence-electron chi connectivity index (χ0n) is 13.6. The Labute approximate surface area is 143 Å². The van der Waals surface area contributed by atoms with Gasteiger partial charge in [-0.25, -0.2) is 4.79 Å². The number of amides is 1. The Hall–Kier alpha value is -3.42. The molecule has 2 rings (SSSR count). The minimum atomic E-state index is -1.13. The molecule has 8 nitrogen and oxygen atoms in total. The highest BCUT2D eigenvalue weighted by Crippen LogP contribution is 2.20. The Bertz CT molecular complexity index is 788. The second kappa shape index (κ2) is 7.91. The third-order valence-electron chi connectivity index (χ3n) is 3.33. The molecule has 0 aromatic heterocycles. The van der Waals surface area contributed by atoms with E-state index in [1.807, 2.05) is 0 Å². The summed E-state index contributed by atoms with van der Waals surface area (Å²) in [6.45, 7) is 1.38. The lowest BCUT2D eigenvalue weighted by atomic mass is 10.2. The Balaban J connectivity index is 2.03. The molecule has 1 amide bonds. The summed E-state index contributed by atoms with van der Waals surface area (Å²) >= 11 is 0. The number of nitrogens with one attached hydrogen (secondary N) is 1. The van der Waals surface area contributed by atoms with Crippen molar-refractivity contribution in [1.82, 2.24) is 0 Å². The highest BCUT2D eigenvalue weighted by atomic mass is 16.6. The van der Waals surface area contributed by atoms with Crippen LogP contribution in [0.3, 0.4) is 0 Å². The van der Waals surface area contributed by atoms with Crippen molar-refractivity contribution in [1.29, 1.82) is 0 Å². The molecule has 0 aliphatic carbocycles. The van der Waals surface area contributed by atoms with Crippen LogP contribution >= 0.6 is 0 Å². The van der Waals surface area contributed by atoms with E-state index >= 15 is 0 Å². The predicted molar refractivity (Wildman–Crippen MR) is 89.6 cm³/mol. The minimum absolute atomic E-state index is 0.211. The highest BCUT2D eigenvalue weighted by Gasteiger charge is 2.24. The van der Waals surface area contributed by atoms with Crippen LogP contribution in [0.5, 0.6) is 5.75 Å². The second-order valence-corrected chi connectivity index (χ2v) is 5.04. The van der Waals surface area contributed by atoms with Crippen LogP contribution in [-0.4, -0.2) is 30.0 Å². The van der Waals surface area contributed by atoms with Crippen LogP contribution in [0, 0.1) is 10.1 Å². The van der Waals surface area contributed by atoms with Crippen LogP contribution in [0.25, 0.3) is 0 Å². The summed E-state index contributed by atoms with van der Waals surface area (Å²) in [5.74, 6) is -0.865. The molecule has 1 atom stereocenters. The maximum absolute atomic E-state index is 12.1. The van der Waals surface area contributed by atoms with Crippen LogP contribution in [0.2, 0.25) is 0 Å². The van der Waals surface area contributed by atoms with Gasteiger partial charge in [0.15, 0.2) is 6.10 Å². The fourth-order valence-electron chi connectivity index (χ4n) is 2.00. The molecule has 0 radical (unpaired) electrons. The Morgan fingerprint density at radius 1 is 1.12 bits per heavy atom. The third-order valence-corrected chi connectivity index (χ3v) is 3.33. The van der Waals surface area contributed by atoms with Crippen LogP contribution in [-0.2, 0) is 9.53 Å². The lowest BCUT2D eigenvalue weighted by Gasteiger charge is -2.13. The second-order valence-electron chi connectivity index (χ2n) is 5.04. The number of nitro benzene ring substituents is 1. The van der Waals surface area contributed by atoms with Gasteiger partial charge in [0.2, 0.25) is 0 Å². The number of hydrogen-bond donors (Lipinski definition) is 1. The molecule has 0 saturated heterocycles. The van der Waals surface area contributed by atoms with E-state index in [4.69, 9.17) is 9.47 Å². The number of nitrogens with zero attached hydrogens (tertiary/aromatic N) is 1. The molecule has 8 heteroatoms. The van der Waals surface area contributed by atoms with Crippen molar-refractivity contribution < 1.29 is 24.0 Å². The van der Waals surface area contributed by atoms with E-state index in [1.165, 1.54) is 38.3 Å². The van der Waals surface area contributed by atoms with Gasteiger partial charge < -0.3 is 14.8 Å². The number of carbonyl (C=O) groups is 2. The molecule has 25 heavy (non-hydrogen) atoms.